The number of carboxylic acid groups (broad SMARTS) is 1. The maximum absolute atomic E-state index is 13.6. The molecular formula is C35H34N2O8. The van der Waals surface area contributed by atoms with E-state index in [0.29, 0.717) is 47.4 Å². The first-order valence-corrected chi connectivity index (χ1v) is 14.4. The zero-order chi connectivity index (χ0) is 32.2. The molecule has 1 aromatic heterocycles. The molecule has 1 heterocycles. The van der Waals surface area contributed by atoms with E-state index in [1.54, 1.807) is 73.7 Å². The fourth-order valence-corrected chi connectivity index (χ4v) is 5.88. The maximum Gasteiger partial charge on any atom is 0.337 e. The van der Waals surface area contributed by atoms with Gasteiger partial charge in [-0.1, -0.05) is 18.2 Å². The molecule has 0 unspecified atom stereocenters. The summed E-state index contributed by atoms with van der Waals surface area (Å²) in [6, 6.07) is 18.7. The summed E-state index contributed by atoms with van der Waals surface area (Å²) in [7, 11) is 5.94. The number of carboxylic acids is 1. The summed E-state index contributed by atoms with van der Waals surface area (Å²) in [5.41, 5.74) is 5.41. The number of fused-ring (bicyclic) bond motifs is 1. The molecule has 1 amide bonds. The molecule has 0 spiro atoms. The van der Waals surface area contributed by atoms with Gasteiger partial charge < -0.3 is 28.8 Å². The van der Waals surface area contributed by atoms with Gasteiger partial charge in [-0.05, 0) is 78.9 Å². The number of esters is 2. The van der Waals surface area contributed by atoms with Crippen LogP contribution in [-0.2, 0) is 27.4 Å². The Balaban J connectivity index is 1.70. The Bertz CT molecular complexity index is 1820. The molecule has 0 radical (unpaired) electrons. The molecule has 10 heteroatoms. The van der Waals surface area contributed by atoms with Crippen LogP contribution in [0.5, 0.6) is 5.75 Å². The van der Waals surface area contributed by atoms with Crippen LogP contribution >= 0.6 is 0 Å². The van der Waals surface area contributed by atoms with Crippen molar-refractivity contribution in [3.8, 4) is 5.75 Å². The fraction of sp³-hybridized carbons (Fsp3) is 0.257. The van der Waals surface area contributed by atoms with Crippen LogP contribution in [0.15, 0.2) is 72.3 Å². The number of hydrogen-bond donors (Lipinski definition) is 1. The maximum atomic E-state index is 13.6. The van der Waals surface area contributed by atoms with Crippen molar-refractivity contribution in [1.29, 1.82) is 0 Å². The second-order valence-corrected chi connectivity index (χ2v) is 10.8. The van der Waals surface area contributed by atoms with Gasteiger partial charge in [-0.3, -0.25) is 4.79 Å². The SMILES string of the molecule is COC(=O)C1=C(c2c(CN(C)C(=O)c3ccc(OC)cc3)n(Cc3ccc(C(=O)OC)cc3)c3cc(C(=O)O)ccc23)CCC1. The number of nitrogens with zero attached hydrogens (tertiary/aromatic N) is 2. The molecule has 0 saturated heterocycles. The van der Waals surface area contributed by atoms with Gasteiger partial charge in [-0.25, -0.2) is 14.4 Å². The minimum absolute atomic E-state index is 0.108. The van der Waals surface area contributed by atoms with E-state index < -0.39 is 17.9 Å². The van der Waals surface area contributed by atoms with Crippen LogP contribution in [-0.4, -0.2) is 66.8 Å². The van der Waals surface area contributed by atoms with Gasteiger partial charge in [-0.2, -0.15) is 0 Å². The average Bonchev–Trinajstić information content (AvgIpc) is 3.66. The van der Waals surface area contributed by atoms with Crippen molar-refractivity contribution in [2.24, 2.45) is 0 Å². The van der Waals surface area contributed by atoms with Gasteiger partial charge in [-0.15, -0.1) is 0 Å². The van der Waals surface area contributed by atoms with Crippen molar-refractivity contribution in [2.45, 2.75) is 32.4 Å². The van der Waals surface area contributed by atoms with E-state index in [-0.39, 0.29) is 18.0 Å². The molecule has 10 nitrogen and oxygen atoms in total. The van der Waals surface area contributed by atoms with Gasteiger partial charge in [0, 0.05) is 41.4 Å². The van der Waals surface area contributed by atoms with Gasteiger partial charge in [0.2, 0.25) is 0 Å². The second kappa shape index (κ2) is 13.1. The van der Waals surface area contributed by atoms with Crippen molar-refractivity contribution in [1.82, 2.24) is 9.47 Å². The highest BCUT2D eigenvalue weighted by Crippen LogP contribution is 2.42. The molecule has 1 aliphatic carbocycles. The third kappa shape index (κ3) is 6.17. The van der Waals surface area contributed by atoms with Crippen molar-refractivity contribution >= 4 is 40.3 Å². The topological polar surface area (TPSA) is 124 Å². The van der Waals surface area contributed by atoms with Gasteiger partial charge in [0.1, 0.15) is 5.75 Å². The number of carbonyl (C=O) groups is 4. The molecular weight excluding hydrogens is 576 g/mol. The van der Waals surface area contributed by atoms with E-state index in [2.05, 4.69) is 0 Å². The summed E-state index contributed by atoms with van der Waals surface area (Å²) in [5, 5.41) is 10.6. The summed E-state index contributed by atoms with van der Waals surface area (Å²) >= 11 is 0. The molecule has 4 aromatic rings. The van der Waals surface area contributed by atoms with E-state index in [4.69, 9.17) is 14.2 Å². The van der Waals surface area contributed by atoms with Crippen molar-refractivity contribution in [3.63, 3.8) is 0 Å². The van der Waals surface area contributed by atoms with Crippen LogP contribution in [0.2, 0.25) is 0 Å². The third-order valence-electron chi connectivity index (χ3n) is 8.16. The number of amides is 1. The number of rotatable bonds is 10. The van der Waals surface area contributed by atoms with Crippen LogP contribution in [0, 0.1) is 0 Å². The minimum atomic E-state index is -1.07. The standard InChI is InChI=1S/C35H34N2O8/c1-36(32(38)22-12-15-25(43-2)16-13-22)20-30-31(26-6-5-7-27(26)35(42)45-4)28-17-14-24(33(39)40)18-29(28)37(30)19-21-8-10-23(11-9-21)34(41)44-3/h8-18H,5-7,19-20H2,1-4H3,(H,39,40). The molecule has 0 aliphatic heterocycles. The number of ether oxygens (including phenoxy) is 3. The molecule has 0 fully saturated rings. The molecule has 0 bridgehead atoms. The predicted octanol–water partition coefficient (Wildman–Crippen LogP) is 5.57. The first kappa shape index (κ1) is 31.1. The zero-order valence-electron chi connectivity index (χ0n) is 25.6. The lowest BCUT2D eigenvalue weighted by Gasteiger charge is -2.21. The quantitative estimate of drug-likeness (QED) is 0.231. The predicted molar refractivity (Wildman–Crippen MR) is 167 cm³/mol. The molecule has 5 rings (SSSR count). The first-order chi connectivity index (χ1) is 21.7. The Hall–Kier alpha value is -5.38. The van der Waals surface area contributed by atoms with Crippen LogP contribution < -0.4 is 4.74 Å². The highest BCUT2D eigenvalue weighted by Gasteiger charge is 2.30. The van der Waals surface area contributed by atoms with Crippen LogP contribution in [0.4, 0.5) is 0 Å². The molecule has 0 saturated carbocycles. The Morgan fingerprint density at radius 2 is 1.47 bits per heavy atom. The molecule has 1 aliphatic rings. The Morgan fingerprint density at radius 3 is 2.09 bits per heavy atom. The van der Waals surface area contributed by atoms with Gasteiger partial charge in [0.25, 0.3) is 5.91 Å². The van der Waals surface area contributed by atoms with E-state index in [9.17, 15) is 24.3 Å². The van der Waals surface area contributed by atoms with E-state index in [1.165, 1.54) is 14.2 Å². The molecule has 45 heavy (non-hydrogen) atoms. The highest BCUT2D eigenvalue weighted by atomic mass is 16.5. The summed E-state index contributed by atoms with van der Waals surface area (Å²) in [4.78, 5) is 52.2. The van der Waals surface area contributed by atoms with E-state index in [1.807, 2.05) is 16.7 Å². The highest BCUT2D eigenvalue weighted by molar-refractivity contribution is 6.06. The largest absolute Gasteiger partial charge is 0.497 e. The normalized spacial score (nSPS) is 12.7. The van der Waals surface area contributed by atoms with Crippen LogP contribution in [0.25, 0.3) is 16.5 Å². The minimum Gasteiger partial charge on any atom is -0.497 e. The Morgan fingerprint density at radius 1 is 0.822 bits per heavy atom. The smallest absolute Gasteiger partial charge is 0.337 e. The summed E-state index contributed by atoms with van der Waals surface area (Å²) < 4.78 is 17.2. The summed E-state index contributed by atoms with van der Waals surface area (Å²) in [5.74, 6) is -1.52. The van der Waals surface area contributed by atoms with Gasteiger partial charge in [0.15, 0.2) is 0 Å². The monoisotopic (exact) mass is 610 g/mol. The Kier molecular flexibility index (Phi) is 9.03. The summed E-state index contributed by atoms with van der Waals surface area (Å²) in [6.07, 6.45) is 1.94. The molecule has 1 N–H and O–H groups in total. The number of carbonyl (C=O) groups excluding carboxylic acids is 3. The number of aromatic carboxylic acids is 1. The lowest BCUT2D eigenvalue weighted by atomic mass is 9.97. The van der Waals surface area contributed by atoms with E-state index >= 15 is 0 Å². The molecule has 0 atom stereocenters. The van der Waals surface area contributed by atoms with Crippen LogP contribution in [0.1, 0.15) is 67.2 Å². The number of allylic oxidation sites excluding steroid dienone is 1. The second-order valence-electron chi connectivity index (χ2n) is 10.8. The van der Waals surface area contributed by atoms with Gasteiger partial charge in [0.05, 0.1) is 44.5 Å². The lowest BCUT2D eigenvalue weighted by molar-refractivity contribution is -0.136. The molecule has 3 aromatic carbocycles. The van der Waals surface area contributed by atoms with Crippen molar-refractivity contribution in [3.05, 3.63) is 106 Å². The number of aromatic nitrogens is 1. The lowest BCUT2D eigenvalue weighted by Crippen LogP contribution is -2.28. The summed E-state index contributed by atoms with van der Waals surface area (Å²) in [6.45, 7) is 0.469. The van der Waals surface area contributed by atoms with Crippen molar-refractivity contribution < 1.29 is 38.5 Å². The number of hydrogen-bond acceptors (Lipinski definition) is 7. The van der Waals surface area contributed by atoms with Crippen molar-refractivity contribution in [2.75, 3.05) is 28.4 Å². The number of benzene rings is 3. The van der Waals surface area contributed by atoms with E-state index in [0.717, 1.165) is 34.2 Å². The molecule has 232 valence electrons. The average molecular weight is 611 g/mol. The number of methoxy groups -OCH3 is 3. The van der Waals surface area contributed by atoms with Crippen LogP contribution in [0.3, 0.4) is 0 Å². The fourth-order valence-electron chi connectivity index (χ4n) is 5.88. The first-order valence-electron chi connectivity index (χ1n) is 14.4. The Labute approximate surface area is 260 Å². The third-order valence-corrected chi connectivity index (χ3v) is 8.16. The zero-order valence-corrected chi connectivity index (χ0v) is 25.6. The van der Waals surface area contributed by atoms with Gasteiger partial charge >= 0.3 is 17.9 Å².